The first kappa shape index (κ1) is 24.0. The smallest absolute Gasteiger partial charge is 0.251 e. The Balaban J connectivity index is 1.82. The summed E-state index contributed by atoms with van der Waals surface area (Å²) in [4.78, 5) is 27.2. The van der Waals surface area contributed by atoms with Gasteiger partial charge in [0.05, 0.1) is 19.6 Å². The Morgan fingerprint density at radius 1 is 0.939 bits per heavy atom. The number of ether oxygens (including phenoxy) is 1. The van der Waals surface area contributed by atoms with E-state index in [1.165, 1.54) is 5.56 Å². The van der Waals surface area contributed by atoms with Crippen LogP contribution in [0.2, 0.25) is 0 Å². The minimum Gasteiger partial charge on any atom is -0.383 e. The third-order valence-corrected chi connectivity index (χ3v) is 5.16. The van der Waals surface area contributed by atoms with E-state index in [2.05, 4.69) is 5.32 Å². The number of anilines is 1. The first-order valence-corrected chi connectivity index (χ1v) is 11.0. The molecule has 33 heavy (non-hydrogen) atoms. The van der Waals surface area contributed by atoms with E-state index in [0.29, 0.717) is 19.7 Å². The van der Waals surface area contributed by atoms with Gasteiger partial charge in [-0.3, -0.25) is 9.59 Å². The van der Waals surface area contributed by atoms with Crippen LogP contribution in [-0.4, -0.2) is 32.1 Å². The van der Waals surface area contributed by atoms with Crippen molar-refractivity contribution >= 4 is 23.6 Å². The third kappa shape index (κ3) is 7.74. The van der Waals surface area contributed by atoms with E-state index < -0.39 is 0 Å². The molecule has 5 nitrogen and oxygen atoms in total. The Morgan fingerprint density at radius 3 is 2.42 bits per heavy atom. The predicted octanol–water partition coefficient (Wildman–Crippen LogP) is 4.55. The van der Waals surface area contributed by atoms with Gasteiger partial charge in [0.25, 0.3) is 5.91 Å². The second kappa shape index (κ2) is 12.4. The number of nitrogens with one attached hydrogen (secondary N) is 1. The van der Waals surface area contributed by atoms with Crippen molar-refractivity contribution in [3.05, 3.63) is 107 Å². The number of benzene rings is 3. The van der Waals surface area contributed by atoms with Crippen LogP contribution >= 0.6 is 0 Å². The van der Waals surface area contributed by atoms with Crippen molar-refractivity contribution in [2.45, 2.75) is 19.9 Å². The lowest BCUT2D eigenvalue weighted by molar-refractivity contribution is -0.120. The topological polar surface area (TPSA) is 58.6 Å². The molecule has 0 aliphatic rings. The van der Waals surface area contributed by atoms with Crippen LogP contribution < -0.4 is 10.2 Å². The van der Waals surface area contributed by atoms with Crippen LogP contribution in [0.1, 0.15) is 22.3 Å². The summed E-state index contributed by atoms with van der Waals surface area (Å²) < 4.78 is 4.97. The lowest BCUT2D eigenvalue weighted by atomic mass is 10.1. The molecule has 3 aromatic rings. The van der Waals surface area contributed by atoms with Crippen LogP contribution in [-0.2, 0) is 27.3 Å². The van der Waals surface area contributed by atoms with E-state index in [-0.39, 0.29) is 18.2 Å². The Bertz CT molecular complexity index is 1080. The molecule has 0 saturated heterocycles. The largest absolute Gasteiger partial charge is 0.383 e. The maximum absolute atomic E-state index is 13.2. The standard InChI is InChI=1S/C28H30N2O3/c1-22-11-13-24(14-12-22)21-30(28(32)16-15-23-7-4-3-5-8-23)26-10-6-9-25(19-26)20-27(31)29-17-18-33-2/h3-16,19H,17-18,20-21H2,1-2H3,(H,29,31)/b16-15+. The highest BCUT2D eigenvalue weighted by Crippen LogP contribution is 2.21. The Kier molecular flexibility index (Phi) is 8.98. The van der Waals surface area contributed by atoms with Crippen LogP contribution in [0, 0.1) is 6.92 Å². The number of hydrogen-bond donors (Lipinski definition) is 1. The number of hydrogen-bond acceptors (Lipinski definition) is 3. The SMILES string of the molecule is COCCNC(=O)Cc1cccc(N(Cc2ccc(C)cc2)C(=O)/C=C/c2ccccc2)c1. The van der Waals surface area contributed by atoms with E-state index in [4.69, 9.17) is 4.74 Å². The summed E-state index contributed by atoms with van der Waals surface area (Å²) in [7, 11) is 1.60. The van der Waals surface area contributed by atoms with Crippen molar-refractivity contribution in [2.24, 2.45) is 0 Å². The van der Waals surface area contributed by atoms with Crippen LogP contribution in [0.15, 0.2) is 84.9 Å². The van der Waals surface area contributed by atoms with E-state index >= 15 is 0 Å². The number of carbonyl (C=O) groups is 2. The van der Waals surface area contributed by atoms with Gasteiger partial charge in [0.15, 0.2) is 0 Å². The molecule has 3 aromatic carbocycles. The maximum Gasteiger partial charge on any atom is 0.251 e. The molecule has 0 saturated carbocycles. The fraction of sp³-hybridized carbons (Fsp3) is 0.214. The van der Waals surface area contributed by atoms with Gasteiger partial charge in [0.1, 0.15) is 0 Å². The van der Waals surface area contributed by atoms with Crippen molar-refractivity contribution < 1.29 is 14.3 Å². The molecule has 0 atom stereocenters. The molecular weight excluding hydrogens is 412 g/mol. The zero-order chi connectivity index (χ0) is 23.5. The molecule has 0 aliphatic carbocycles. The zero-order valence-electron chi connectivity index (χ0n) is 19.2. The normalized spacial score (nSPS) is 10.8. The number of amides is 2. The highest BCUT2D eigenvalue weighted by molar-refractivity contribution is 6.03. The number of methoxy groups -OCH3 is 1. The van der Waals surface area contributed by atoms with Gasteiger partial charge in [-0.2, -0.15) is 0 Å². The zero-order valence-corrected chi connectivity index (χ0v) is 19.2. The van der Waals surface area contributed by atoms with Crippen molar-refractivity contribution in [3.8, 4) is 0 Å². The Labute approximate surface area is 195 Å². The second-order valence-electron chi connectivity index (χ2n) is 7.84. The van der Waals surface area contributed by atoms with E-state index in [9.17, 15) is 9.59 Å². The van der Waals surface area contributed by atoms with Crippen molar-refractivity contribution in [3.63, 3.8) is 0 Å². The molecule has 0 radical (unpaired) electrons. The van der Waals surface area contributed by atoms with Crippen LogP contribution in [0.4, 0.5) is 5.69 Å². The first-order valence-electron chi connectivity index (χ1n) is 11.0. The number of rotatable bonds is 10. The summed E-state index contributed by atoms with van der Waals surface area (Å²) in [5.74, 6) is -0.203. The average Bonchev–Trinajstić information content (AvgIpc) is 2.83. The van der Waals surface area contributed by atoms with Crippen LogP contribution in [0.3, 0.4) is 0 Å². The molecule has 3 rings (SSSR count). The molecule has 0 fully saturated rings. The monoisotopic (exact) mass is 442 g/mol. The molecule has 0 heterocycles. The van der Waals surface area contributed by atoms with E-state index in [1.807, 2.05) is 91.9 Å². The molecule has 170 valence electrons. The van der Waals surface area contributed by atoms with Gasteiger partial charge in [0, 0.05) is 25.4 Å². The lowest BCUT2D eigenvalue weighted by Crippen LogP contribution is -2.29. The molecule has 0 unspecified atom stereocenters. The second-order valence-corrected chi connectivity index (χ2v) is 7.84. The fourth-order valence-corrected chi connectivity index (χ4v) is 3.37. The van der Waals surface area contributed by atoms with Gasteiger partial charge in [-0.15, -0.1) is 0 Å². The summed E-state index contributed by atoms with van der Waals surface area (Å²) in [5, 5.41) is 2.83. The van der Waals surface area contributed by atoms with Gasteiger partial charge in [-0.25, -0.2) is 0 Å². The van der Waals surface area contributed by atoms with Crippen LogP contribution in [0.5, 0.6) is 0 Å². The quantitative estimate of drug-likeness (QED) is 0.370. The molecule has 0 aliphatic heterocycles. The molecule has 5 heteroatoms. The van der Waals surface area contributed by atoms with Crippen molar-refractivity contribution in [1.29, 1.82) is 0 Å². The van der Waals surface area contributed by atoms with Gasteiger partial charge in [-0.05, 0) is 41.8 Å². The predicted molar refractivity (Wildman–Crippen MR) is 133 cm³/mol. The summed E-state index contributed by atoms with van der Waals surface area (Å²) in [6.45, 7) is 3.41. The summed E-state index contributed by atoms with van der Waals surface area (Å²) in [6.07, 6.45) is 3.65. The van der Waals surface area contributed by atoms with E-state index in [0.717, 1.165) is 22.4 Å². The fourth-order valence-electron chi connectivity index (χ4n) is 3.37. The van der Waals surface area contributed by atoms with Gasteiger partial charge in [-0.1, -0.05) is 72.3 Å². The third-order valence-electron chi connectivity index (χ3n) is 5.16. The number of aryl methyl sites for hydroxylation is 1. The highest BCUT2D eigenvalue weighted by atomic mass is 16.5. The van der Waals surface area contributed by atoms with Crippen molar-refractivity contribution in [1.82, 2.24) is 5.32 Å². The van der Waals surface area contributed by atoms with Crippen LogP contribution in [0.25, 0.3) is 6.08 Å². The molecule has 2 amide bonds. The summed E-state index contributed by atoms with van der Waals surface area (Å²) in [5.41, 5.74) is 4.76. The minimum atomic E-state index is -0.124. The summed E-state index contributed by atoms with van der Waals surface area (Å²) >= 11 is 0. The van der Waals surface area contributed by atoms with E-state index in [1.54, 1.807) is 18.1 Å². The van der Waals surface area contributed by atoms with Crippen molar-refractivity contribution in [2.75, 3.05) is 25.2 Å². The van der Waals surface area contributed by atoms with Gasteiger partial charge in [0.2, 0.25) is 5.91 Å². The molecular formula is C28H30N2O3. The molecule has 0 bridgehead atoms. The lowest BCUT2D eigenvalue weighted by Gasteiger charge is -2.22. The number of carbonyl (C=O) groups excluding carboxylic acids is 2. The molecule has 0 aromatic heterocycles. The Hall–Kier alpha value is -3.70. The molecule has 1 N–H and O–H groups in total. The van der Waals surface area contributed by atoms with Gasteiger partial charge >= 0.3 is 0 Å². The minimum absolute atomic E-state index is 0.0791. The highest BCUT2D eigenvalue weighted by Gasteiger charge is 2.15. The number of nitrogens with zero attached hydrogens (tertiary/aromatic N) is 1. The molecule has 0 spiro atoms. The maximum atomic E-state index is 13.2. The summed E-state index contributed by atoms with van der Waals surface area (Å²) in [6, 6.07) is 25.5. The average molecular weight is 443 g/mol. The first-order chi connectivity index (χ1) is 16.0. The van der Waals surface area contributed by atoms with Gasteiger partial charge < -0.3 is 15.0 Å². The Morgan fingerprint density at radius 2 is 1.70 bits per heavy atom.